The van der Waals surface area contributed by atoms with E-state index >= 15 is 0 Å². The van der Waals surface area contributed by atoms with E-state index < -0.39 is 0 Å². The van der Waals surface area contributed by atoms with E-state index in [4.69, 9.17) is 0 Å². The molecule has 3 heterocycles. The van der Waals surface area contributed by atoms with E-state index in [1.807, 2.05) is 0 Å². The van der Waals surface area contributed by atoms with Gasteiger partial charge in [0.25, 0.3) is 5.91 Å². The summed E-state index contributed by atoms with van der Waals surface area (Å²) in [4.78, 5) is 16.2. The Labute approximate surface area is 131 Å². The zero-order chi connectivity index (χ0) is 14.8. The predicted molar refractivity (Wildman–Crippen MR) is 88.0 cm³/mol. The van der Waals surface area contributed by atoms with E-state index in [-0.39, 0.29) is 5.91 Å². The minimum absolute atomic E-state index is 0.273. The van der Waals surface area contributed by atoms with Gasteiger partial charge in [0.15, 0.2) is 0 Å². The van der Waals surface area contributed by atoms with E-state index in [0.29, 0.717) is 18.1 Å². The monoisotopic (exact) mass is 306 g/mol. The number of hydrogen-bond acceptors (Lipinski definition) is 3. The molecule has 4 heteroatoms. The maximum absolute atomic E-state index is 13.0. The molecule has 1 amide bonds. The molecule has 1 aromatic rings. The van der Waals surface area contributed by atoms with E-state index in [1.54, 1.807) is 11.3 Å². The van der Waals surface area contributed by atoms with Gasteiger partial charge < -0.3 is 10.2 Å². The van der Waals surface area contributed by atoms with Gasteiger partial charge in [0, 0.05) is 24.7 Å². The van der Waals surface area contributed by atoms with Crippen LogP contribution in [0.3, 0.4) is 0 Å². The maximum Gasteiger partial charge on any atom is 0.264 e. The van der Waals surface area contributed by atoms with E-state index in [2.05, 4.69) is 35.5 Å². The number of amides is 1. The molecule has 21 heavy (non-hydrogen) atoms. The van der Waals surface area contributed by atoms with Crippen LogP contribution < -0.4 is 5.32 Å². The third kappa shape index (κ3) is 3.02. The quantitative estimate of drug-likeness (QED) is 0.903. The summed E-state index contributed by atoms with van der Waals surface area (Å²) in [7, 11) is 0. The third-order valence-corrected chi connectivity index (χ3v) is 5.88. The number of piperidine rings is 1. The van der Waals surface area contributed by atoms with Crippen LogP contribution in [-0.2, 0) is 6.42 Å². The Bertz CT molecular complexity index is 487. The molecule has 0 aliphatic carbocycles. The fourth-order valence-electron chi connectivity index (χ4n) is 3.90. The molecule has 0 aromatic carbocycles. The highest BCUT2D eigenvalue weighted by Gasteiger charge is 2.37. The molecule has 1 N–H and O–H groups in total. The number of thiophene rings is 1. The maximum atomic E-state index is 13.0. The fraction of sp³-hybridized carbons (Fsp3) is 0.706. The first-order chi connectivity index (χ1) is 10.2. The number of carbonyl (C=O) groups excluding carboxylic acids is 1. The standard InChI is InChI=1S/C17H26N2OS/c1-3-8-19(15-10-13-5-6-14(11-15)18-13)17(20)16-12(4-2)7-9-21-16/h7,9,13-15,18H,3-6,8,10-11H2,1-2H3. The highest BCUT2D eigenvalue weighted by Crippen LogP contribution is 2.31. The largest absolute Gasteiger partial charge is 0.335 e. The molecule has 2 saturated heterocycles. The highest BCUT2D eigenvalue weighted by molar-refractivity contribution is 7.12. The molecule has 3 rings (SSSR count). The van der Waals surface area contributed by atoms with Gasteiger partial charge in [-0.3, -0.25) is 4.79 Å². The highest BCUT2D eigenvalue weighted by atomic mass is 32.1. The van der Waals surface area contributed by atoms with Gasteiger partial charge in [0.05, 0.1) is 4.88 Å². The van der Waals surface area contributed by atoms with Crippen LogP contribution in [0.15, 0.2) is 11.4 Å². The molecule has 0 saturated carbocycles. The summed E-state index contributed by atoms with van der Waals surface area (Å²) in [5.74, 6) is 0.273. The van der Waals surface area contributed by atoms with Crippen LogP contribution >= 0.6 is 11.3 Å². The molecule has 2 aliphatic heterocycles. The number of aryl methyl sites for hydroxylation is 1. The second kappa shape index (κ2) is 6.49. The Morgan fingerprint density at radius 3 is 2.67 bits per heavy atom. The molecule has 3 nitrogen and oxygen atoms in total. The topological polar surface area (TPSA) is 32.3 Å². The molecule has 2 unspecified atom stereocenters. The summed E-state index contributed by atoms with van der Waals surface area (Å²) < 4.78 is 0. The summed E-state index contributed by atoms with van der Waals surface area (Å²) in [5.41, 5.74) is 1.21. The van der Waals surface area contributed by atoms with Gasteiger partial charge in [-0.1, -0.05) is 13.8 Å². The first kappa shape index (κ1) is 15.0. The lowest BCUT2D eigenvalue weighted by atomic mass is 9.97. The Morgan fingerprint density at radius 1 is 1.33 bits per heavy atom. The first-order valence-electron chi connectivity index (χ1n) is 8.36. The second-order valence-electron chi connectivity index (χ2n) is 6.39. The second-order valence-corrected chi connectivity index (χ2v) is 7.31. The van der Waals surface area contributed by atoms with Crippen LogP contribution in [0.4, 0.5) is 0 Å². The normalized spacial score (nSPS) is 27.8. The lowest BCUT2D eigenvalue weighted by molar-refractivity contribution is 0.0621. The van der Waals surface area contributed by atoms with Crippen molar-refractivity contribution in [2.24, 2.45) is 0 Å². The smallest absolute Gasteiger partial charge is 0.264 e. The van der Waals surface area contributed by atoms with Crippen molar-refractivity contribution >= 4 is 17.2 Å². The third-order valence-electron chi connectivity index (χ3n) is 4.94. The molecule has 116 valence electrons. The number of nitrogens with zero attached hydrogens (tertiary/aromatic N) is 1. The van der Waals surface area contributed by atoms with Crippen LogP contribution in [0.25, 0.3) is 0 Å². The number of rotatable bonds is 5. The van der Waals surface area contributed by atoms with Crippen LogP contribution in [0.1, 0.15) is 61.2 Å². The van der Waals surface area contributed by atoms with Crippen molar-refractivity contribution in [2.45, 2.75) is 70.5 Å². The molecule has 0 spiro atoms. The van der Waals surface area contributed by atoms with Crippen LogP contribution in [0, 0.1) is 0 Å². The summed E-state index contributed by atoms with van der Waals surface area (Å²) in [6.07, 6.45) is 6.83. The van der Waals surface area contributed by atoms with Crippen LogP contribution in [0.2, 0.25) is 0 Å². The summed E-state index contributed by atoms with van der Waals surface area (Å²) in [6.45, 7) is 5.20. The Kier molecular flexibility index (Phi) is 4.65. The van der Waals surface area contributed by atoms with Crippen molar-refractivity contribution < 1.29 is 4.79 Å². The molecule has 2 aliphatic rings. The lowest BCUT2D eigenvalue weighted by Gasteiger charge is -2.37. The van der Waals surface area contributed by atoms with Crippen molar-refractivity contribution in [2.75, 3.05) is 6.54 Å². The van der Waals surface area contributed by atoms with Crippen LogP contribution in [-0.4, -0.2) is 35.5 Å². The Hall–Kier alpha value is -0.870. The zero-order valence-electron chi connectivity index (χ0n) is 13.1. The van der Waals surface area contributed by atoms with Crippen molar-refractivity contribution in [1.29, 1.82) is 0 Å². The molecule has 2 fully saturated rings. The summed E-state index contributed by atoms with van der Waals surface area (Å²) in [5, 5.41) is 5.74. The van der Waals surface area contributed by atoms with Crippen molar-refractivity contribution in [3.05, 3.63) is 21.9 Å². The average Bonchev–Trinajstić information content (AvgIpc) is 3.10. The van der Waals surface area contributed by atoms with E-state index in [9.17, 15) is 4.79 Å². The van der Waals surface area contributed by atoms with Gasteiger partial charge in [-0.15, -0.1) is 11.3 Å². The Balaban J connectivity index is 1.79. The minimum atomic E-state index is 0.273. The number of fused-ring (bicyclic) bond motifs is 2. The molecular weight excluding hydrogens is 280 g/mol. The van der Waals surface area contributed by atoms with Crippen molar-refractivity contribution in [1.82, 2.24) is 10.2 Å². The summed E-state index contributed by atoms with van der Waals surface area (Å²) in [6, 6.07) is 3.81. The minimum Gasteiger partial charge on any atom is -0.335 e. The molecule has 0 radical (unpaired) electrons. The number of hydrogen-bond donors (Lipinski definition) is 1. The van der Waals surface area contributed by atoms with Gasteiger partial charge in [0.2, 0.25) is 0 Å². The van der Waals surface area contributed by atoms with E-state index in [0.717, 1.165) is 37.1 Å². The van der Waals surface area contributed by atoms with E-state index in [1.165, 1.54) is 18.4 Å². The zero-order valence-corrected chi connectivity index (χ0v) is 13.9. The van der Waals surface area contributed by atoms with Crippen molar-refractivity contribution in [3.63, 3.8) is 0 Å². The van der Waals surface area contributed by atoms with Crippen LogP contribution in [0.5, 0.6) is 0 Å². The van der Waals surface area contributed by atoms with Crippen molar-refractivity contribution in [3.8, 4) is 0 Å². The predicted octanol–water partition coefficient (Wildman–Crippen LogP) is 3.45. The van der Waals surface area contributed by atoms with Gasteiger partial charge in [-0.05, 0) is 55.5 Å². The number of nitrogens with one attached hydrogen (secondary N) is 1. The fourth-order valence-corrected chi connectivity index (χ4v) is 4.85. The molecular formula is C17H26N2OS. The van der Waals surface area contributed by atoms with Gasteiger partial charge in [-0.25, -0.2) is 0 Å². The molecule has 1 aromatic heterocycles. The molecule has 2 bridgehead atoms. The Morgan fingerprint density at radius 2 is 2.05 bits per heavy atom. The first-order valence-corrected chi connectivity index (χ1v) is 9.24. The van der Waals surface area contributed by atoms with Gasteiger partial charge in [-0.2, -0.15) is 0 Å². The average molecular weight is 306 g/mol. The SMILES string of the molecule is CCCN(C(=O)c1sccc1CC)C1CC2CCC(C1)N2. The number of carbonyl (C=O) groups is 1. The van der Waals surface area contributed by atoms with Gasteiger partial charge >= 0.3 is 0 Å². The summed E-state index contributed by atoms with van der Waals surface area (Å²) >= 11 is 1.61. The van der Waals surface area contributed by atoms with Gasteiger partial charge in [0.1, 0.15) is 0 Å². The molecule has 2 atom stereocenters. The lowest BCUT2D eigenvalue weighted by Crippen LogP contribution is -2.50.